The van der Waals surface area contributed by atoms with Gasteiger partial charge in [-0.25, -0.2) is 4.98 Å². The quantitative estimate of drug-likeness (QED) is 0.701. The van der Waals surface area contributed by atoms with Crippen LogP contribution in [0.15, 0.2) is 59.1 Å². The molecule has 2 aromatic carbocycles. The molecule has 0 radical (unpaired) electrons. The normalized spacial score (nSPS) is 10.3. The Hall–Kier alpha value is -2.64. The van der Waals surface area contributed by atoms with Crippen LogP contribution >= 0.6 is 15.9 Å². The van der Waals surface area contributed by atoms with Crippen LogP contribution in [0.4, 0.5) is 5.82 Å². The molecule has 23 heavy (non-hydrogen) atoms. The van der Waals surface area contributed by atoms with Crippen molar-refractivity contribution in [1.29, 1.82) is 5.26 Å². The summed E-state index contributed by atoms with van der Waals surface area (Å²) in [5, 5.41) is 9.47. The Morgan fingerprint density at radius 1 is 1.04 bits per heavy atom. The second-order valence-electron chi connectivity index (χ2n) is 5.25. The van der Waals surface area contributed by atoms with Crippen molar-refractivity contribution in [2.45, 2.75) is 6.92 Å². The van der Waals surface area contributed by atoms with E-state index >= 15 is 0 Å². The third kappa shape index (κ3) is 2.96. The molecule has 0 atom stereocenters. The second kappa shape index (κ2) is 6.23. The number of rotatable bonds is 2. The molecule has 0 saturated carbocycles. The van der Waals surface area contributed by atoms with Crippen LogP contribution in [0.3, 0.4) is 0 Å². The summed E-state index contributed by atoms with van der Waals surface area (Å²) in [4.78, 5) is 4.40. The number of nitrogens with two attached hydrogens (primary N) is 1. The smallest absolute Gasteiger partial charge is 0.142 e. The fourth-order valence-electron chi connectivity index (χ4n) is 2.54. The fourth-order valence-corrected chi connectivity index (χ4v) is 2.80. The highest BCUT2D eigenvalue weighted by Crippen LogP contribution is 2.33. The molecule has 0 fully saturated rings. The maximum Gasteiger partial charge on any atom is 0.142 e. The highest BCUT2D eigenvalue weighted by Gasteiger charge is 2.14. The number of halogens is 1. The molecule has 0 amide bonds. The van der Waals surface area contributed by atoms with Gasteiger partial charge in [0.15, 0.2) is 0 Å². The number of nitrogen functional groups attached to an aromatic ring is 1. The summed E-state index contributed by atoms with van der Waals surface area (Å²) in [7, 11) is 0. The van der Waals surface area contributed by atoms with Gasteiger partial charge in [0.05, 0.1) is 5.69 Å². The van der Waals surface area contributed by atoms with Gasteiger partial charge in [0, 0.05) is 15.6 Å². The monoisotopic (exact) mass is 363 g/mol. The number of anilines is 1. The van der Waals surface area contributed by atoms with Gasteiger partial charge in [-0.2, -0.15) is 5.26 Å². The first-order valence-corrected chi connectivity index (χ1v) is 7.92. The molecule has 1 heterocycles. The standard InChI is InChI=1S/C19H14BrN3/c1-12-4-2-3-5-15(12)16-10-18(23-19(22)17(16)11-21)13-6-8-14(20)9-7-13/h2-10H,1H3,(H2,22,23). The minimum absolute atomic E-state index is 0.256. The molecule has 2 N–H and O–H groups in total. The lowest BCUT2D eigenvalue weighted by molar-refractivity contribution is 1.30. The molecule has 1 aromatic heterocycles. The lowest BCUT2D eigenvalue weighted by Gasteiger charge is -2.12. The van der Waals surface area contributed by atoms with E-state index in [1.165, 1.54) is 0 Å². The van der Waals surface area contributed by atoms with Crippen LogP contribution in [0.2, 0.25) is 0 Å². The Kier molecular flexibility index (Phi) is 4.14. The van der Waals surface area contributed by atoms with Gasteiger partial charge in [0.25, 0.3) is 0 Å². The lowest BCUT2D eigenvalue weighted by atomic mass is 9.95. The third-order valence-electron chi connectivity index (χ3n) is 3.73. The Bertz CT molecular complexity index is 909. The first-order chi connectivity index (χ1) is 11.1. The minimum Gasteiger partial charge on any atom is -0.383 e. The van der Waals surface area contributed by atoms with Gasteiger partial charge in [-0.05, 0) is 36.2 Å². The van der Waals surface area contributed by atoms with E-state index in [4.69, 9.17) is 5.73 Å². The first kappa shape index (κ1) is 15.3. The van der Waals surface area contributed by atoms with Crippen molar-refractivity contribution < 1.29 is 0 Å². The number of hydrogen-bond acceptors (Lipinski definition) is 3. The van der Waals surface area contributed by atoms with Gasteiger partial charge in [-0.1, -0.05) is 52.3 Å². The minimum atomic E-state index is 0.256. The summed E-state index contributed by atoms with van der Waals surface area (Å²) < 4.78 is 1.00. The van der Waals surface area contributed by atoms with Gasteiger partial charge in [0.2, 0.25) is 0 Å². The number of benzene rings is 2. The largest absolute Gasteiger partial charge is 0.383 e. The molecular weight excluding hydrogens is 350 g/mol. The Balaban J connectivity index is 2.25. The van der Waals surface area contributed by atoms with Crippen molar-refractivity contribution in [2.75, 3.05) is 5.73 Å². The summed E-state index contributed by atoms with van der Waals surface area (Å²) in [5.74, 6) is 0.256. The SMILES string of the molecule is Cc1ccccc1-c1cc(-c2ccc(Br)cc2)nc(N)c1C#N. The third-order valence-corrected chi connectivity index (χ3v) is 4.26. The molecule has 0 aliphatic carbocycles. The number of pyridine rings is 1. The topological polar surface area (TPSA) is 62.7 Å². The molecule has 4 heteroatoms. The van der Waals surface area contributed by atoms with Crippen LogP contribution in [0.25, 0.3) is 22.4 Å². The molecule has 0 unspecified atom stereocenters. The van der Waals surface area contributed by atoms with Crippen molar-refractivity contribution in [2.24, 2.45) is 0 Å². The summed E-state index contributed by atoms with van der Waals surface area (Å²) in [6.45, 7) is 2.02. The Morgan fingerprint density at radius 2 is 1.74 bits per heavy atom. The molecule has 0 aliphatic rings. The van der Waals surface area contributed by atoms with Crippen LogP contribution in [0, 0.1) is 18.3 Å². The molecule has 3 nitrogen and oxygen atoms in total. The van der Waals surface area contributed by atoms with E-state index in [1.54, 1.807) is 0 Å². The second-order valence-corrected chi connectivity index (χ2v) is 6.16. The first-order valence-electron chi connectivity index (χ1n) is 7.12. The predicted octanol–water partition coefficient (Wildman–Crippen LogP) is 4.94. The van der Waals surface area contributed by atoms with E-state index in [1.807, 2.05) is 61.5 Å². The average molecular weight is 364 g/mol. The van der Waals surface area contributed by atoms with E-state index in [2.05, 4.69) is 27.0 Å². The van der Waals surface area contributed by atoms with Crippen LogP contribution < -0.4 is 5.73 Å². The van der Waals surface area contributed by atoms with Gasteiger partial charge in [-0.3, -0.25) is 0 Å². The molecule has 0 bridgehead atoms. The van der Waals surface area contributed by atoms with Crippen molar-refractivity contribution >= 4 is 21.7 Å². The number of aryl methyl sites for hydroxylation is 1. The van der Waals surface area contributed by atoms with Crippen molar-refractivity contribution in [3.63, 3.8) is 0 Å². The van der Waals surface area contributed by atoms with Crippen molar-refractivity contribution in [3.05, 3.63) is 70.2 Å². The van der Waals surface area contributed by atoms with Crippen LogP contribution in [-0.2, 0) is 0 Å². The highest BCUT2D eigenvalue weighted by atomic mass is 79.9. The number of hydrogen-bond donors (Lipinski definition) is 1. The van der Waals surface area contributed by atoms with E-state index in [0.717, 1.165) is 32.4 Å². The maximum atomic E-state index is 9.47. The molecule has 0 spiro atoms. The molecule has 0 aliphatic heterocycles. The number of nitriles is 1. The molecule has 112 valence electrons. The lowest BCUT2D eigenvalue weighted by Crippen LogP contribution is -2.00. The van der Waals surface area contributed by atoms with Crippen LogP contribution in [-0.4, -0.2) is 4.98 Å². The zero-order valence-corrected chi connectivity index (χ0v) is 14.1. The van der Waals surface area contributed by atoms with Gasteiger partial charge in [-0.15, -0.1) is 0 Å². The Morgan fingerprint density at radius 3 is 2.39 bits per heavy atom. The van der Waals surface area contributed by atoms with E-state index < -0.39 is 0 Å². The predicted molar refractivity (Wildman–Crippen MR) is 96.7 cm³/mol. The summed E-state index contributed by atoms with van der Waals surface area (Å²) in [6.07, 6.45) is 0. The zero-order valence-electron chi connectivity index (χ0n) is 12.5. The molecule has 0 saturated heterocycles. The van der Waals surface area contributed by atoms with Gasteiger partial charge >= 0.3 is 0 Å². The van der Waals surface area contributed by atoms with Crippen molar-refractivity contribution in [3.8, 4) is 28.5 Å². The molecule has 3 aromatic rings. The Labute approximate surface area is 143 Å². The number of nitrogens with zero attached hydrogens (tertiary/aromatic N) is 2. The van der Waals surface area contributed by atoms with Gasteiger partial charge < -0.3 is 5.73 Å². The van der Waals surface area contributed by atoms with E-state index in [0.29, 0.717) is 5.56 Å². The van der Waals surface area contributed by atoms with Gasteiger partial charge in [0.1, 0.15) is 17.5 Å². The molecule has 3 rings (SSSR count). The number of aromatic nitrogens is 1. The van der Waals surface area contributed by atoms with Crippen LogP contribution in [0.5, 0.6) is 0 Å². The highest BCUT2D eigenvalue weighted by molar-refractivity contribution is 9.10. The zero-order chi connectivity index (χ0) is 16.4. The maximum absolute atomic E-state index is 9.47. The van der Waals surface area contributed by atoms with Crippen LogP contribution in [0.1, 0.15) is 11.1 Å². The summed E-state index contributed by atoms with van der Waals surface area (Å²) >= 11 is 3.43. The summed E-state index contributed by atoms with van der Waals surface area (Å²) in [6, 6.07) is 19.9. The van der Waals surface area contributed by atoms with Crippen molar-refractivity contribution in [1.82, 2.24) is 4.98 Å². The van der Waals surface area contributed by atoms with E-state index in [9.17, 15) is 5.26 Å². The summed E-state index contributed by atoms with van der Waals surface area (Å²) in [5.41, 5.74) is 11.1. The van der Waals surface area contributed by atoms with E-state index in [-0.39, 0.29) is 5.82 Å². The molecular formula is C19H14BrN3. The average Bonchev–Trinajstić information content (AvgIpc) is 2.55. The fraction of sp³-hybridized carbons (Fsp3) is 0.0526.